The van der Waals surface area contributed by atoms with Crippen LogP contribution in [-0.2, 0) is 0 Å². The van der Waals surface area contributed by atoms with Crippen molar-refractivity contribution in [3.63, 3.8) is 0 Å². The SMILES string of the molecule is CN(CC1CCCNC1)C(=O)Nc1cccc(C#N)c1. The molecular weight excluding hydrogens is 252 g/mol. The first-order valence-corrected chi connectivity index (χ1v) is 6.92. The van der Waals surface area contributed by atoms with Crippen molar-refractivity contribution in [1.82, 2.24) is 10.2 Å². The van der Waals surface area contributed by atoms with Gasteiger partial charge in [-0.3, -0.25) is 0 Å². The topological polar surface area (TPSA) is 68.2 Å². The number of carbonyl (C=O) groups is 1. The molecule has 1 atom stereocenters. The Labute approximate surface area is 119 Å². The summed E-state index contributed by atoms with van der Waals surface area (Å²) in [7, 11) is 1.80. The lowest BCUT2D eigenvalue weighted by molar-refractivity contribution is 0.207. The molecule has 1 fully saturated rings. The van der Waals surface area contributed by atoms with Gasteiger partial charge in [-0.2, -0.15) is 5.26 Å². The van der Waals surface area contributed by atoms with Gasteiger partial charge in [-0.05, 0) is 50.0 Å². The summed E-state index contributed by atoms with van der Waals surface area (Å²) in [6, 6.07) is 8.87. The molecule has 0 radical (unpaired) electrons. The summed E-state index contributed by atoms with van der Waals surface area (Å²) in [6.07, 6.45) is 2.33. The minimum Gasteiger partial charge on any atom is -0.327 e. The molecule has 0 aliphatic carbocycles. The van der Waals surface area contributed by atoms with Gasteiger partial charge in [0, 0.05) is 19.3 Å². The summed E-state index contributed by atoms with van der Waals surface area (Å²) in [5.74, 6) is 0.518. The smallest absolute Gasteiger partial charge is 0.321 e. The number of nitrogens with one attached hydrogen (secondary N) is 2. The maximum absolute atomic E-state index is 12.1. The molecule has 0 aromatic heterocycles. The van der Waals surface area contributed by atoms with Gasteiger partial charge in [-0.15, -0.1) is 0 Å². The van der Waals surface area contributed by atoms with E-state index in [9.17, 15) is 4.79 Å². The van der Waals surface area contributed by atoms with Crippen molar-refractivity contribution in [3.8, 4) is 6.07 Å². The summed E-state index contributed by atoms with van der Waals surface area (Å²) in [4.78, 5) is 13.8. The lowest BCUT2D eigenvalue weighted by Crippen LogP contribution is -2.40. The molecular formula is C15H20N4O. The van der Waals surface area contributed by atoms with E-state index < -0.39 is 0 Å². The number of benzene rings is 1. The van der Waals surface area contributed by atoms with E-state index in [-0.39, 0.29) is 6.03 Å². The lowest BCUT2D eigenvalue weighted by Gasteiger charge is -2.27. The van der Waals surface area contributed by atoms with Crippen molar-refractivity contribution < 1.29 is 4.79 Å². The van der Waals surface area contributed by atoms with Gasteiger partial charge in [0.05, 0.1) is 11.6 Å². The van der Waals surface area contributed by atoms with Crippen molar-refractivity contribution in [1.29, 1.82) is 5.26 Å². The van der Waals surface area contributed by atoms with Crippen LogP contribution in [0.2, 0.25) is 0 Å². The van der Waals surface area contributed by atoms with Gasteiger partial charge in [0.15, 0.2) is 0 Å². The largest absolute Gasteiger partial charge is 0.327 e. The van der Waals surface area contributed by atoms with Crippen LogP contribution in [0.3, 0.4) is 0 Å². The van der Waals surface area contributed by atoms with E-state index in [1.165, 1.54) is 6.42 Å². The van der Waals surface area contributed by atoms with Gasteiger partial charge in [-0.1, -0.05) is 6.07 Å². The van der Waals surface area contributed by atoms with E-state index in [0.29, 0.717) is 17.2 Å². The molecule has 106 valence electrons. The normalized spacial score (nSPS) is 18.1. The van der Waals surface area contributed by atoms with Crippen molar-refractivity contribution in [3.05, 3.63) is 29.8 Å². The molecule has 2 rings (SSSR count). The molecule has 5 heteroatoms. The number of nitrogens with zero attached hydrogens (tertiary/aromatic N) is 2. The van der Waals surface area contributed by atoms with Gasteiger partial charge in [0.1, 0.15) is 0 Å². The third kappa shape index (κ3) is 3.97. The van der Waals surface area contributed by atoms with Gasteiger partial charge in [0.25, 0.3) is 0 Å². The molecule has 1 saturated heterocycles. The first-order chi connectivity index (χ1) is 9.69. The van der Waals surface area contributed by atoms with Gasteiger partial charge >= 0.3 is 6.03 Å². The summed E-state index contributed by atoms with van der Waals surface area (Å²) in [5, 5.41) is 15.0. The average Bonchev–Trinajstić information content (AvgIpc) is 2.48. The predicted molar refractivity (Wildman–Crippen MR) is 78.4 cm³/mol. The Balaban J connectivity index is 1.88. The van der Waals surface area contributed by atoms with E-state index in [4.69, 9.17) is 5.26 Å². The van der Waals surface area contributed by atoms with Crippen LogP contribution in [0.5, 0.6) is 0 Å². The standard InChI is InChI=1S/C15H20N4O/c1-19(11-13-5-3-7-17-10-13)15(20)18-14-6-2-4-12(8-14)9-16/h2,4,6,8,13,17H,3,5,7,10-11H2,1H3,(H,18,20). The van der Waals surface area contributed by atoms with E-state index in [2.05, 4.69) is 16.7 Å². The number of carbonyl (C=O) groups excluding carboxylic acids is 1. The summed E-state index contributed by atoms with van der Waals surface area (Å²) < 4.78 is 0. The molecule has 2 amide bonds. The van der Waals surface area contributed by atoms with E-state index in [1.54, 1.807) is 36.2 Å². The molecule has 1 aliphatic rings. The Bertz CT molecular complexity index is 503. The first kappa shape index (κ1) is 14.4. The highest BCUT2D eigenvalue weighted by molar-refractivity contribution is 5.89. The van der Waals surface area contributed by atoms with Crippen LogP contribution >= 0.6 is 0 Å². The van der Waals surface area contributed by atoms with Crippen LogP contribution in [0.15, 0.2) is 24.3 Å². The first-order valence-electron chi connectivity index (χ1n) is 6.92. The third-order valence-electron chi connectivity index (χ3n) is 3.52. The number of hydrogen-bond donors (Lipinski definition) is 2. The highest BCUT2D eigenvalue weighted by atomic mass is 16.2. The third-order valence-corrected chi connectivity index (χ3v) is 3.52. The van der Waals surface area contributed by atoms with Crippen molar-refractivity contribution in [2.45, 2.75) is 12.8 Å². The Morgan fingerprint density at radius 3 is 3.15 bits per heavy atom. The Morgan fingerprint density at radius 2 is 2.45 bits per heavy atom. The Kier molecular flexibility index (Phi) is 4.97. The van der Waals surface area contributed by atoms with E-state index >= 15 is 0 Å². The molecule has 1 aromatic rings. The van der Waals surface area contributed by atoms with Crippen LogP contribution in [0.25, 0.3) is 0 Å². The van der Waals surface area contributed by atoms with E-state index in [0.717, 1.165) is 26.1 Å². The molecule has 5 nitrogen and oxygen atoms in total. The lowest BCUT2D eigenvalue weighted by atomic mass is 9.99. The number of urea groups is 1. The predicted octanol–water partition coefficient (Wildman–Crippen LogP) is 2.02. The summed E-state index contributed by atoms with van der Waals surface area (Å²) >= 11 is 0. The van der Waals surface area contributed by atoms with Crippen LogP contribution < -0.4 is 10.6 Å². The molecule has 1 aromatic carbocycles. The van der Waals surface area contributed by atoms with Gasteiger partial charge < -0.3 is 15.5 Å². The monoisotopic (exact) mass is 272 g/mol. The number of hydrogen-bond acceptors (Lipinski definition) is 3. The molecule has 0 saturated carbocycles. The zero-order chi connectivity index (χ0) is 14.4. The fraction of sp³-hybridized carbons (Fsp3) is 0.467. The maximum atomic E-state index is 12.1. The van der Waals surface area contributed by atoms with Crippen LogP contribution in [-0.4, -0.2) is 37.6 Å². The van der Waals surface area contributed by atoms with Crippen LogP contribution in [0.1, 0.15) is 18.4 Å². The maximum Gasteiger partial charge on any atom is 0.321 e. The fourth-order valence-corrected chi connectivity index (χ4v) is 2.44. The second kappa shape index (κ2) is 6.92. The second-order valence-corrected chi connectivity index (χ2v) is 5.22. The van der Waals surface area contributed by atoms with Gasteiger partial charge in [0.2, 0.25) is 0 Å². The van der Waals surface area contributed by atoms with Crippen molar-refractivity contribution in [2.24, 2.45) is 5.92 Å². The number of anilines is 1. The summed E-state index contributed by atoms with van der Waals surface area (Å²) in [6.45, 7) is 2.80. The van der Waals surface area contributed by atoms with Crippen LogP contribution in [0, 0.1) is 17.2 Å². The zero-order valence-electron chi connectivity index (χ0n) is 11.7. The fourth-order valence-electron chi connectivity index (χ4n) is 2.44. The highest BCUT2D eigenvalue weighted by Crippen LogP contribution is 2.13. The molecule has 1 aliphatic heterocycles. The zero-order valence-corrected chi connectivity index (χ0v) is 11.7. The number of amides is 2. The molecule has 0 bridgehead atoms. The van der Waals surface area contributed by atoms with Crippen molar-refractivity contribution >= 4 is 11.7 Å². The Morgan fingerprint density at radius 1 is 1.60 bits per heavy atom. The Hall–Kier alpha value is -2.06. The molecule has 2 N–H and O–H groups in total. The number of rotatable bonds is 3. The average molecular weight is 272 g/mol. The van der Waals surface area contributed by atoms with E-state index in [1.807, 2.05) is 0 Å². The highest BCUT2D eigenvalue weighted by Gasteiger charge is 2.18. The molecule has 20 heavy (non-hydrogen) atoms. The molecule has 1 heterocycles. The summed E-state index contributed by atoms with van der Waals surface area (Å²) in [5.41, 5.74) is 1.20. The quantitative estimate of drug-likeness (QED) is 0.884. The second-order valence-electron chi connectivity index (χ2n) is 5.22. The minimum atomic E-state index is -0.134. The molecule has 0 spiro atoms. The number of piperidine rings is 1. The molecule has 1 unspecified atom stereocenters. The number of nitriles is 1. The van der Waals surface area contributed by atoms with Crippen LogP contribution in [0.4, 0.5) is 10.5 Å². The minimum absolute atomic E-state index is 0.134. The van der Waals surface area contributed by atoms with Gasteiger partial charge in [-0.25, -0.2) is 4.79 Å². The van der Waals surface area contributed by atoms with Crippen molar-refractivity contribution in [2.75, 3.05) is 32.0 Å².